The molecule has 0 aliphatic heterocycles. The van der Waals surface area contributed by atoms with Crippen molar-refractivity contribution in [3.63, 3.8) is 0 Å². The van der Waals surface area contributed by atoms with Crippen LogP contribution in [0.5, 0.6) is 0 Å². The topological polar surface area (TPSA) is 13.1 Å². The van der Waals surface area contributed by atoms with Crippen molar-refractivity contribution in [1.29, 1.82) is 0 Å². The van der Waals surface area contributed by atoms with Gasteiger partial charge in [0.25, 0.3) is 0 Å². The fourth-order valence-electron chi connectivity index (χ4n) is 1.21. The summed E-state index contributed by atoms with van der Waals surface area (Å²) in [5, 5.41) is -0.295. The van der Waals surface area contributed by atoms with Crippen LogP contribution in [0.4, 0.5) is 8.78 Å². The van der Waals surface area contributed by atoms with E-state index in [0.29, 0.717) is 15.8 Å². The minimum Gasteiger partial charge on any atom is -0.464 e. The van der Waals surface area contributed by atoms with Crippen molar-refractivity contribution in [1.82, 2.24) is 0 Å². The zero-order chi connectivity index (χ0) is 11.0. The monoisotopic (exact) mass is 292 g/mol. The lowest BCUT2D eigenvalue weighted by atomic mass is 10.1. The third kappa shape index (κ3) is 1.79. The Morgan fingerprint density at radius 3 is 2.67 bits per heavy atom. The molecule has 0 aliphatic rings. The van der Waals surface area contributed by atoms with Gasteiger partial charge in [0.2, 0.25) is 0 Å². The summed E-state index contributed by atoms with van der Waals surface area (Å²) in [6.45, 7) is 0. The molecule has 1 nitrogen and oxygen atoms in total. The summed E-state index contributed by atoms with van der Waals surface area (Å²) in [4.78, 5) is 0. The van der Waals surface area contributed by atoms with Gasteiger partial charge in [-0.1, -0.05) is 11.6 Å². The van der Waals surface area contributed by atoms with E-state index in [-0.39, 0.29) is 5.02 Å². The molecule has 15 heavy (non-hydrogen) atoms. The first-order valence-corrected chi connectivity index (χ1v) is 5.15. The van der Waals surface area contributed by atoms with Gasteiger partial charge in [-0.05, 0) is 34.1 Å². The molecule has 5 heteroatoms. The van der Waals surface area contributed by atoms with Crippen molar-refractivity contribution >= 4 is 27.5 Å². The molecule has 0 amide bonds. The van der Waals surface area contributed by atoms with E-state index in [4.69, 9.17) is 16.0 Å². The molecule has 0 aliphatic carbocycles. The highest BCUT2D eigenvalue weighted by Gasteiger charge is 2.18. The maximum atomic E-state index is 13.2. The Morgan fingerprint density at radius 2 is 2.07 bits per heavy atom. The van der Waals surface area contributed by atoms with Crippen LogP contribution in [0.1, 0.15) is 0 Å². The third-order valence-corrected chi connectivity index (χ3v) is 2.86. The maximum Gasteiger partial charge on any atom is 0.178 e. The Hall–Kier alpha value is -0.870. The van der Waals surface area contributed by atoms with E-state index >= 15 is 0 Å². The van der Waals surface area contributed by atoms with Crippen LogP contribution < -0.4 is 0 Å². The number of rotatable bonds is 1. The van der Waals surface area contributed by atoms with Gasteiger partial charge in [-0.15, -0.1) is 0 Å². The molecule has 0 fully saturated rings. The van der Waals surface area contributed by atoms with Crippen molar-refractivity contribution in [2.24, 2.45) is 0 Å². The molecule has 0 radical (unpaired) electrons. The summed E-state index contributed by atoms with van der Waals surface area (Å²) in [5.41, 5.74) is 0.306. The van der Waals surface area contributed by atoms with E-state index in [9.17, 15) is 8.78 Å². The van der Waals surface area contributed by atoms with Gasteiger partial charge in [-0.3, -0.25) is 0 Å². The Kier molecular flexibility index (Phi) is 2.80. The summed E-state index contributed by atoms with van der Waals surface area (Å²) in [6, 6.07) is 4.27. The molecule has 0 spiro atoms. The molecule has 78 valence electrons. The fourth-order valence-corrected chi connectivity index (χ4v) is 2.21. The second-order valence-electron chi connectivity index (χ2n) is 2.82. The summed E-state index contributed by atoms with van der Waals surface area (Å²) < 4.78 is 31.6. The Morgan fingerprint density at radius 1 is 1.33 bits per heavy atom. The first-order valence-electron chi connectivity index (χ1n) is 3.98. The van der Waals surface area contributed by atoms with Crippen LogP contribution in [-0.4, -0.2) is 0 Å². The van der Waals surface area contributed by atoms with Crippen LogP contribution in [0.15, 0.2) is 33.4 Å². The Bertz CT molecular complexity index is 497. The lowest BCUT2D eigenvalue weighted by molar-refractivity contribution is 0.507. The number of halogens is 4. The molecule has 2 aromatic rings. The summed E-state index contributed by atoms with van der Waals surface area (Å²) >= 11 is 8.79. The van der Waals surface area contributed by atoms with E-state index in [2.05, 4.69) is 15.9 Å². The molecule has 0 N–H and O–H groups in total. The van der Waals surface area contributed by atoms with Gasteiger partial charge in [-0.2, -0.15) is 0 Å². The minimum atomic E-state index is -1.08. The molecule has 1 aromatic carbocycles. The molecule has 0 bridgehead atoms. The van der Waals surface area contributed by atoms with Gasteiger partial charge < -0.3 is 4.42 Å². The smallest absolute Gasteiger partial charge is 0.178 e. The minimum absolute atomic E-state index is 0.295. The van der Waals surface area contributed by atoms with E-state index in [1.54, 1.807) is 12.1 Å². The molecule has 2 rings (SSSR count). The molecule has 1 heterocycles. The molecule has 0 saturated heterocycles. The zero-order valence-corrected chi connectivity index (χ0v) is 9.57. The third-order valence-electron chi connectivity index (χ3n) is 1.88. The highest BCUT2D eigenvalue weighted by molar-refractivity contribution is 9.10. The van der Waals surface area contributed by atoms with Crippen molar-refractivity contribution < 1.29 is 13.2 Å². The van der Waals surface area contributed by atoms with Crippen LogP contribution in [0.3, 0.4) is 0 Å². The molecule has 0 atom stereocenters. The molecule has 0 unspecified atom stereocenters. The van der Waals surface area contributed by atoms with Crippen molar-refractivity contribution in [2.45, 2.75) is 0 Å². The second-order valence-corrected chi connectivity index (χ2v) is 4.05. The number of hydrogen-bond acceptors (Lipinski definition) is 1. The lowest BCUT2D eigenvalue weighted by Crippen LogP contribution is -1.90. The number of benzene rings is 1. The Balaban J connectivity index is 2.72. The average molecular weight is 293 g/mol. The van der Waals surface area contributed by atoms with E-state index in [1.165, 1.54) is 6.26 Å². The van der Waals surface area contributed by atoms with E-state index in [0.717, 1.165) is 6.07 Å². The first kappa shape index (κ1) is 10.6. The van der Waals surface area contributed by atoms with Gasteiger partial charge in [0.05, 0.1) is 16.8 Å². The quantitative estimate of drug-likeness (QED) is 0.551. The van der Waals surface area contributed by atoms with Gasteiger partial charge in [-0.25, -0.2) is 8.78 Å². The SMILES string of the molecule is Fc1cc(Br)c(-c2ccco2)c(Cl)c1F. The van der Waals surface area contributed by atoms with Crippen molar-refractivity contribution in [3.8, 4) is 11.3 Å². The summed E-state index contributed by atoms with van der Waals surface area (Å²) in [5.74, 6) is -1.70. The van der Waals surface area contributed by atoms with Crippen LogP contribution in [0.25, 0.3) is 11.3 Å². The normalized spacial score (nSPS) is 10.7. The predicted molar refractivity (Wildman–Crippen MR) is 56.8 cm³/mol. The van der Waals surface area contributed by atoms with Gasteiger partial charge in [0.15, 0.2) is 11.6 Å². The van der Waals surface area contributed by atoms with Gasteiger partial charge in [0.1, 0.15) is 5.76 Å². The summed E-state index contributed by atoms with van der Waals surface area (Å²) in [7, 11) is 0. The maximum absolute atomic E-state index is 13.2. The number of furan rings is 1. The number of hydrogen-bond donors (Lipinski definition) is 0. The fraction of sp³-hybridized carbons (Fsp3) is 0. The van der Waals surface area contributed by atoms with Crippen LogP contribution in [0.2, 0.25) is 5.02 Å². The molecular formula is C10H4BrClF2O. The van der Waals surface area contributed by atoms with Crippen LogP contribution >= 0.6 is 27.5 Å². The van der Waals surface area contributed by atoms with Crippen molar-refractivity contribution in [2.75, 3.05) is 0 Å². The van der Waals surface area contributed by atoms with Gasteiger partial charge in [0, 0.05) is 4.47 Å². The average Bonchev–Trinajstić information content (AvgIpc) is 2.68. The van der Waals surface area contributed by atoms with Crippen LogP contribution in [0, 0.1) is 11.6 Å². The second kappa shape index (κ2) is 3.94. The van der Waals surface area contributed by atoms with Crippen LogP contribution in [-0.2, 0) is 0 Å². The summed E-state index contributed by atoms with van der Waals surface area (Å²) in [6.07, 6.45) is 1.43. The highest BCUT2D eigenvalue weighted by atomic mass is 79.9. The zero-order valence-electron chi connectivity index (χ0n) is 7.23. The Labute approximate surface area is 97.8 Å². The molecular weight excluding hydrogens is 289 g/mol. The highest BCUT2D eigenvalue weighted by Crippen LogP contribution is 2.37. The predicted octanol–water partition coefficient (Wildman–Crippen LogP) is 4.64. The molecule has 1 aromatic heterocycles. The van der Waals surface area contributed by atoms with Crippen molar-refractivity contribution in [3.05, 3.63) is 45.6 Å². The van der Waals surface area contributed by atoms with E-state index in [1.807, 2.05) is 0 Å². The lowest BCUT2D eigenvalue weighted by Gasteiger charge is -2.05. The largest absolute Gasteiger partial charge is 0.464 e. The molecule has 0 saturated carbocycles. The standard InChI is InChI=1S/C10H4BrClF2O/c11-5-4-6(13)10(14)9(12)8(5)7-2-1-3-15-7/h1-4H. The van der Waals surface area contributed by atoms with E-state index < -0.39 is 11.6 Å². The van der Waals surface area contributed by atoms with Gasteiger partial charge >= 0.3 is 0 Å². The first-order chi connectivity index (χ1) is 7.11.